The summed E-state index contributed by atoms with van der Waals surface area (Å²) in [6, 6.07) is 7.13. The lowest BCUT2D eigenvalue weighted by molar-refractivity contribution is -0.194. The van der Waals surface area contributed by atoms with E-state index in [1.54, 1.807) is 31.4 Å². The number of methoxy groups -OCH3 is 1. The second-order valence-electron chi connectivity index (χ2n) is 6.65. The molecule has 0 bridgehead atoms. The molecule has 24 heavy (non-hydrogen) atoms. The maximum atomic E-state index is 12.4. The molecule has 1 amide bonds. The maximum absolute atomic E-state index is 12.4. The number of ether oxygens (including phenoxy) is 2. The van der Waals surface area contributed by atoms with Gasteiger partial charge < -0.3 is 19.9 Å². The van der Waals surface area contributed by atoms with Crippen molar-refractivity contribution in [3.63, 3.8) is 0 Å². The number of nitrogens with one attached hydrogen (secondary N) is 1. The highest BCUT2D eigenvalue weighted by Gasteiger charge is 2.66. The van der Waals surface area contributed by atoms with Crippen LogP contribution in [-0.4, -0.2) is 42.3 Å². The van der Waals surface area contributed by atoms with E-state index in [1.165, 1.54) is 0 Å². The summed E-state index contributed by atoms with van der Waals surface area (Å²) >= 11 is 0. The van der Waals surface area contributed by atoms with Crippen molar-refractivity contribution in [1.82, 2.24) is 5.32 Å². The van der Waals surface area contributed by atoms with Crippen LogP contribution in [0.25, 0.3) is 0 Å². The van der Waals surface area contributed by atoms with Gasteiger partial charge in [0.2, 0.25) is 5.91 Å². The van der Waals surface area contributed by atoms with Gasteiger partial charge in [0.05, 0.1) is 19.6 Å². The second-order valence-corrected chi connectivity index (χ2v) is 6.65. The molecule has 2 rings (SSSR count). The lowest BCUT2D eigenvalue weighted by Crippen LogP contribution is -2.76. The van der Waals surface area contributed by atoms with Crippen molar-refractivity contribution in [3.05, 3.63) is 29.8 Å². The monoisotopic (exact) mass is 335 g/mol. The van der Waals surface area contributed by atoms with E-state index < -0.39 is 16.9 Å². The van der Waals surface area contributed by atoms with E-state index >= 15 is 0 Å². The molecule has 0 aliphatic heterocycles. The summed E-state index contributed by atoms with van der Waals surface area (Å²) in [5.41, 5.74) is -1.17. The molecule has 0 aromatic heterocycles. The van der Waals surface area contributed by atoms with Gasteiger partial charge in [-0.15, -0.1) is 0 Å². The number of carboxylic acid groups (broad SMARTS) is 1. The van der Waals surface area contributed by atoms with Gasteiger partial charge in [0.15, 0.2) is 0 Å². The Morgan fingerprint density at radius 3 is 2.38 bits per heavy atom. The van der Waals surface area contributed by atoms with Gasteiger partial charge in [-0.3, -0.25) is 4.79 Å². The van der Waals surface area contributed by atoms with Crippen molar-refractivity contribution in [2.75, 3.05) is 13.7 Å². The molecular weight excluding hydrogens is 310 g/mol. The van der Waals surface area contributed by atoms with Gasteiger partial charge in [-0.2, -0.15) is 0 Å². The van der Waals surface area contributed by atoms with E-state index in [0.29, 0.717) is 12.4 Å². The highest BCUT2D eigenvalue weighted by atomic mass is 16.5. The van der Waals surface area contributed by atoms with Crippen LogP contribution in [0, 0.1) is 5.41 Å². The second kappa shape index (κ2) is 6.81. The van der Waals surface area contributed by atoms with Crippen LogP contribution in [0.2, 0.25) is 0 Å². The predicted octanol–water partition coefficient (Wildman–Crippen LogP) is 2.01. The standard InChI is InChI=1S/C18H25NO5/c1-5-24-14-11-18(16(21)22,17(14,2)3)19-15(20)10-12-6-8-13(23-4)9-7-12/h6-9,14H,5,10-11H2,1-4H3,(H,19,20)(H,21,22). The van der Waals surface area contributed by atoms with Gasteiger partial charge in [-0.25, -0.2) is 4.79 Å². The molecule has 1 saturated carbocycles. The molecule has 1 aromatic carbocycles. The summed E-state index contributed by atoms with van der Waals surface area (Å²) in [6.45, 7) is 6.03. The molecule has 2 N–H and O–H groups in total. The Morgan fingerprint density at radius 1 is 1.29 bits per heavy atom. The largest absolute Gasteiger partial charge is 0.497 e. The van der Waals surface area contributed by atoms with Gasteiger partial charge in [0.1, 0.15) is 11.3 Å². The summed E-state index contributed by atoms with van der Waals surface area (Å²) in [5, 5.41) is 12.4. The van der Waals surface area contributed by atoms with Gasteiger partial charge in [0, 0.05) is 18.4 Å². The first-order valence-electron chi connectivity index (χ1n) is 8.05. The molecule has 0 heterocycles. The SMILES string of the molecule is CCOC1CC(NC(=O)Cc2ccc(OC)cc2)(C(=O)O)C1(C)C. The van der Waals surface area contributed by atoms with E-state index in [9.17, 15) is 14.7 Å². The third kappa shape index (κ3) is 3.11. The summed E-state index contributed by atoms with van der Waals surface area (Å²) in [6.07, 6.45) is 0.214. The number of carboxylic acids is 1. The molecule has 1 aliphatic carbocycles. The first-order chi connectivity index (χ1) is 11.3. The summed E-state index contributed by atoms with van der Waals surface area (Å²) in [4.78, 5) is 24.2. The number of hydrogen-bond donors (Lipinski definition) is 2. The highest BCUT2D eigenvalue weighted by molar-refractivity contribution is 5.90. The van der Waals surface area contributed by atoms with Crippen molar-refractivity contribution < 1.29 is 24.2 Å². The van der Waals surface area contributed by atoms with Crippen molar-refractivity contribution in [3.8, 4) is 5.75 Å². The smallest absolute Gasteiger partial charge is 0.330 e. The molecule has 0 saturated heterocycles. The minimum Gasteiger partial charge on any atom is -0.497 e. The zero-order valence-corrected chi connectivity index (χ0v) is 14.6. The van der Waals surface area contributed by atoms with Crippen LogP contribution in [0.5, 0.6) is 5.75 Å². The van der Waals surface area contributed by atoms with E-state index in [2.05, 4.69) is 5.32 Å². The fourth-order valence-electron chi connectivity index (χ4n) is 3.25. The molecule has 0 radical (unpaired) electrons. The molecule has 0 spiro atoms. The van der Waals surface area contributed by atoms with Crippen molar-refractivity contribution in [2.24, 2.45) is 5.41 Å². The molecule has 2 atom stereocenters. The number of benzene rings is 1. The first kappa shape index (κ1) is 18.3. The van der Waals surface area contributed by atoms with Crippen LogP contribution in [0.1, 0.15) is 32.8 Å². The third-order valence-corrected chi connectivity index (χ3v) is 5.01. The Hall–Kier alpha value is -2.08. The Kier molecular flexibility index (Phi) is 5.18. The number of amides is 1. The predicted molar refractivity (Wildman–Crippen MR) is 89.0 cm³/mol. The number of hydrogen-bond acceptors (Lipinski definition) is 4. The summed E-state index contributed by atoms with van der Waals surface area (Å²) in [5.74, 6) is -0.627. The average molecular weight is 335 g/mol. The lowest BCUT2D eigenvalue weighted by atomic mass is 9.54. The molecule has 6 nitrogen and oxygen atoms in total. The molecule has 132 valence electrons. The number of rotatable bonds is 7. The van der Waals surface area contributed by atoms with Crippen LogP contribution in [0.15, 0.2) is 24.3 Å². The molecule has 1 fully saturated rings. The quantitative estimate of drug-likeness (QED) is 0.796. The average Bonchev–Trinajstić information content (AvgIpc) is 2.54. The van der Waals surface area contributed by atoms with Gasteiger partial charge in [-0.1, -0.05) is 26.0 Å². The molecule has 1 aromatic rings. The zero-order valence-electron chi connectivity index (χ0n) is 14.6. The Balaban J connectivity index is 2.08. The van der Waals surface area contributed by atoms with Gasteiger partial charge in [0.25, 0.3) is 0 Å². The van der Waals surface area contributed by atoms with Crippen molar-refractivity contribution in [2.45, 2.75) is 45.3 Å². The van der Waals surface area contributed by atoms with Crippen LogP contribution in [-0.2, 0) is 20.7 Å². The lowest BCUT2D eigenvalue weighted by Gasteiger charge is -2.58. The van der Waals surface area contributed by atoms with Crippen molar-refractivity contribution in [1.29, 1.82) is 0 Å². The first-order valence-corrected chi connectivity index (χ1v) is 8.05. The summed E-state index contributed by atoms with van der Waals surface area (Å²) in [7, 11) is 1.58. The van der Waals surface area contributed by atoms with E-state index in [-0.39, 0.29) is 24.9 Å². The minimum atomic E-state index is -1.30. The topological polar surface area (TPSA) is 84.9 Å². The number of carbonyl (C=O) groups is 2. The van der Waals surface area contributed by atoms with E-state index in [0.717, 1.165) is 5.56 Å². The maximum Gasteiger partial charge on any atom is 0.330 e. The zero-order chi connectivity index (χ0) is 18.0. The Morgan fingerprint density at radius 2 is 1.92 bits per heavy atom. The normalized spacial score (nSPS) is 24.8. The Labute approximate surface area is 142 Å². The highest BCUT2D eigenvalue weighted by Crippen LogP contribution is 2.51. The van der Waals surface area contributed by atoms with Crippen molar-refractivity contribution >= 4 is 11.9 Å². The minimum absolute atomic E-state index is 0.119. The Bertz CT molecular complexity index is 610. The fourth-order valence-corrected chi connectivity index (χ4v) is 3.25. The fraction of sp³-hybridized carbons (Fsp3) is 0.556. The van der Waals surface area contributed by atoms with Crippen LogP contribution in [0.3, 0.4) is 0 Å². The van der Waals surface area contributed by atoms with E-state index in [4.69, 9.17) is 9.47 Å². The van der Waals surface area contributed by atoms with Gasteiger partial charge in [-0.05, 0) is 24.6 Å². The number of aliphatic carboxylic acids is 1. The molecular formula is C18H25NO5. The molecule has 6 heteroatoms. The van der Waals surface area contributed by atoms with Gasteiger partial charge >= 0.3 is 5.97 Å². The molecule has 1 aliphatic rings. The van der Waals surface area contributed by atoms with Crippen LogP contribution < -0.4 is 10.1 Å². The third-order valence-electron chi connectivity index (χ3n) is 5.01. The van der Waals surface area contributed by atoms with Crippen LogP contribution in [0.4, 0.5) is 0 Å². The number of carbonyl (C=O) groups excluding carboxylic acids is 1. The van der Waals surface area contributed by atoms with E-state index in [1.807, 2.05) is 20.8 Å². The summed E-state index contributed by atoms with van der Waals surface area (Å²) < 4.78 is 10.7. The van der Waals surface area contributed by atoms with Crippen LogP contribution >= 0.6 is 0 Å². The molecule has 2 unspecified atom stereocenters.